The van der Waals surface area contributed by atoms with Gasteiger partial charge in [0, 0.05) is 71.4 Å². The fourth-order valence-corrected chi connectivity index (χ4v) is 4.61. The molecule has 2 saturated heterocycles. The number of rotatable bonds is 6. The van der Waals surface area contributed by atoms with E-state index in [1.807, 2.05) is 4.90 Å². The van der Waals surface area contributed by atoms with Gasteiger partial charge in [0.1, 0.15) is 0 Å². The van der Waals surface area contributed by atoms with Crippen molar-refractivity contribution in [3.05, 3.63) is 0 Å². The predicted molar refractivity (Wildman–Crippen MR) is 110 cm³/mol. The number of aliphatic imine (C=N–C) groups is 1. The molecule has 7 nitrogen and oxygen atoms in total. The molecule has 2 heterocycles. The lowest BCUT2D eigenvalue weighted by molar-refractivity contribution is -0.130. The van der Waals surface area contributed by atoms with Crippen LogP contribution in [0.3, 0.4) is 0 Å². The van der Waals surface area contributed by atoms with Crippen molar-refractivity contribution in [2.75, 3.05) is 58.9 Å². The molecule has 0 aromatic heterocycles. The monoisotopic (exact) mass is 378 g/mol. The van der Waals surface area contributed by atoms with Crippen LogP contribution in [0.25, 0.3) is 0 Å². The van der Waals surface area contributed by atoms with E-state index < -0.39 is 0 Å². The number of nitrogens with zero attached hydrogens (tertiary/aromatic N) is 4. The molecule has 7 heteroatoms. The minimum absolute atomic E-state index is 0.189. The molecule has 1 aliphatic carbocycles. The van der Waals surface area contributed by atoms with Gasteiger partial charge in [-0.2, -0.15) is 0 Å². The van der Waals surface area contributed by atoms with Gasteiger partial charge in [0.25, 0.3) is 0 Å². The standard InChI is InChI=1S/C20H38N6O/c1-3-21-20(22-9-11-24-12-14-25(15-13-24)17(2)27)23-18-8-10-26(16-18)19-6-4-5-7-19/h18-19H,3-16H2,1-2H3,(H2,21,22,23). The van der Waals surface area contributed by atoms with Gasteiger partial charge in [0.2, 0.25) is 5.91 Å². The zero-order valence-electron chi connectivity index (χ0n) is 17.3. The summed E-state index contributed by atoms with van der Waals surface area (Å²) < 4.78 is 0. The Bertz CT molecular complexity index is 497. The zero-order valence-corrected chi connectivity index (χ0v) is 17.3. The van der Waals surface area contributed by atoms with E-state index in [2.05, 4.69) is 27.4 Å². The molecule has 1 amide bonds. The Labute approximate surface area is 164 Å². The summed E-state index contributed by atoms with van der Waals surface area (Å²) in [7, 11) is 0. The molecule has 2 aliphatic heterocycles. The zero-order chi connectivity index (χ0) is 19.1. The van der Waals surface area contributed by atoms with Crippen molar-refractivity contribution in [3.63, 3.8) is 0 Å². The van der Waals surface area contributed by atoms with Crippen LogP contribution < -0.4 is 10.6 Å². The number of hydrogen-bond donors (Lipinski definition) is 2. The second-order valence-corrected chi connectivity index (χ2v) is 8.17. The van der Waals surface area contributed by atoms with Crippen LogP contribution in [0.1, 0.15) is 46.0 Å². The van der Waals surface area contributed by atoms with Gasteiger partial charge < -0.3 is 15.5 Å². The highest BCUT2D eigenvalue weighted by atomic mass is 16.2. The third-order valence-corrected chi connectivity index (χ3v) is 6.25. The number of carbonyl (C=O) groups excluding carboxylic acids is 1. The number of piperazine rings is 1. The molecule has 0 radical (unpaired) electrons. The Hall–Kier alpha value is -1.34. The first-order chi connectivity index (χ1) is 13.2. The fourth-order valence-electron chi connectivity index (χ4n) is 4.61. The fraction of sp³-hybridized carbons (Fsp3) is 0.900. The molecular formula is C20H38N6O. The smallest absolute Gasteiger partial charge is 0.219 e. The quantitative estimate of drug-likeness (QED) is 0.527. The van der Waals surface area contributed by atoms with Crippen molar-refractivity contribution in [1.82, 2.24) is 25.3 Å². The molecule has 154 valence electrons. The second-order valence-electron chi connectivity index (χ2n) is 8.17. The number of nitrogens with one attached hydrogen (secondary N) is 2. The van der Waals surface area contributed by atoms with E-state index in [1.54, 1.807) is 6.92 Å². The molecule has 3 rings (SSSR count). The maximum atomic E-state index is 11.4. The van der Waals surface area contributed by atoms with Gasteiger partial charge in [-0.15, -0.1) is 0 Å². The first-order valence-corrected chi connectivity index (χ1v) is 10.9. The lowest BCUT2D eigenvalue weighted by atomic mass is 10.2. The molecule has 27 heavy (non-hydrogen) atoms. The van der Waals surface area contributed by atoms with Crippen molar-refractivity contribution in [3.8, 4) is 0 Å². The Morgan fingerprint density at radius 2 is 1.81 bits per heavy atom. The summed E-state index contributed by atoms with van der Waals surface area (Å²) in [6.45, 7) is 12.4. The van der Waals surface area contributed by atoms with Gasteiger partial charge in [0.05, 0.1) is 6.54 Å². The highest BCUT2D eigenvalue weighted by Gasteiger charge is 2.30. The number of hydrogen-bond acceptors (Lipinski definition) is 4. The van der Waals surface area contributed by atoms with Crippen LogP contribution in [0.4, 0.5) is 0 Å². The van der Waals surface area contributed by atoms with Gasteiger partial charge in [0.15, 0.2) is 5.96 Å². The van der Waals surface area contributed by atoms with Crippen LogP contribution in [-0.2, 0) is 4.79 Å². The van der Waals surface area contributed by atoms with Crippen molar-refractivity contribution >= 4 is 11.9 Å². The molecule has 2 N–H and O–H groups in total. The molecule has 3 fully saturated rings. The van der Waals surface area contributed by atoms with Crippen LogP contribution in [-0.4, -0.2) is 97.6 Å². The normalized spacial score (nSPS) is 25.9. The van der Waals surface area contributed by atoms with Gasteiger partial charge in [-0.3, -0.25) is 19.6 Å². The Kier molecular flexibility index (Phi) is 7.76. The molecule has 0 spiro atoms. The van der Waals surface area contributed by atoms with Gasteiger partial charge in [-0.1, -0.05) is 12.8 Å². The van der Waals surface area contributed by atoms with E-state index in [1.165, 1.54) is 38.6 Å². The summed E-state index contributed by atoms with van der Waals surface area (Å²) in [4.78, 5) is 23.2. The van der Waals surface area contributed by atoms with E-state index in [0.29, 0.717) is 6.04 Å². The average Bonchev–Trinajstić information content (AvgIpc) is 3.34. The highest BCUT2D eigenvalue weighted by Crippen LogP contribution is 2.26. The third kappa shape index (κ3) is 6.07. The summed E-state index contributed by atoms with van der Waals surface area (Å²) in [6.07, 6.45) is 6.80. The van der Waals surface area contributed by atoms with Gasteiger partial charge >= 0.3 is 0 Å². The van der Waals surface area contributed by atoms with Crippen molar-refractivity contribution in [2.45, 2.75) is 58.0 Å². The van der Waals surface area contributed by atoms with E-state index in [0.717, 1.165) is 64.4 Å². The minimum atomic E-state index is 0.189. The maximum absolute atomic E-state index is 11.4. The van der Waals surface area contributed by atoms with Crippen LogP contribution >= 0.6 is 0 Å². The first-order valence-electron chi connectivity index (χ1n) is 10.9. The minimum Gasteiger partial charge on any atom is -0.357 e. The Morgan fingerprint density at radius 1 is 1.07 bits per heavy atom. The molecule has 1 unspecified atom stereocenters. The molecule has 1 atom stereocenters. The van der Waals surface area contributed by atoms with E-state index in [4.69, 9.17) is 4.99 Å². The topological polar surface area (TPSA) is 63.2 Å². The summed E-state index contributed by atoms with van der Waals surface area (Å²) >= 11 is 0. The molecule has 0 aromatic rings. The molecule has 1 saturated carbocycles. The van der Waals surface area contributed by atoms with Crippen LogP contribution in [0.5, 0.6) is 0 Å². The van der Waals surface area contributed by atoms with Crippen LogP contribution in [0.2, 0.25) is 0 Å². The molecule has 3 aliphatic rings. The van der Waals surface area contributed by atoms with Gasteiger partial charge in [-0.25, -0.2) is 0 Å². The van der Waals surface area contributed by atoms with Gasteiger partial charge in [-0.05, 0) is 26.2 Å². The van der Waals surface area contributed by atoms with E-state index >= 15 is 0 Å². The lowest BCUT2D eigenvalue weighted by Gasteiger charge is -2.33. The maximum Gasteiger partial charge on any atom is 0.219 e. The third-order valence-electron chi connectivity index (χ3n) is 6.25. The summed E-state index contributed by atoms with van der Waals surface area (Å²) in [5.74, 6) is 1.15. The first kappa shape index (κ1) is 20.4. The highest BCUT2D eigenvalue weighted by molar-refractivity contribution is 5.80. The predicted octanol–water partition coefficient (Wildman–Crippen LogP) is 0.723. The number of likely N-dealkylation sites (tertiary alicyclic amines) is 1. The molecular weight excluding hydrogens is 340 g/mol. The summed E-state index contributed by atoms with van der Waals surface area (Å²) in [5.41, 5.74) is 0. The van der Waals surface area contributed by atoms with Crippen LogP contribution in [0, 0.1) is 0 Å². The van der Waals surface area contributed by atoms with Crippen molar-refractivity contribution in [2.24, 2.45) is 4.99 Å². The average molecular weight is 379 g/mol. The number of amides is 1. The lowest BCUT2D eigenvalue weighted by Crippen LogP contribution is -2.49. The van der Waals surface area contributed by atoms with E-state index in [-0.39, 0.29) is 5.91 Å². The largest absolute Gasteiger partial charge is 0.357 e. The second kappa shape index (κ2) is 10.3. The molecule has 0 aromatic carbocycles. The Balaban J connectivity index is 1.40. The molecule has 0 bridgehead atoms. The van der Waals surface area contributed by atoms with Crippen molar-refractivity contribution in [1.29, 1.82) is 0 Å². The van der Waals surface area contributed by atoms with E-state index in [9.17, 15) is 4.79 Å². The SMILES string of the molecule is CCNC(=NCCN1CCN(C(C)=O)CC1)NC1CCN(C2CCCC2)C1. The van der Waals surface area contributed by atoms with Crippen molar-refractivity contribution < 1.29 is 4.79 Å². The van der Waals surface area contributed by atoms with Crippen LogP contribution in [0.15, 0.2) is 4.99 Å². The summed E-state index contributed by atoms with van der Waals surface area (Å²) in [6, 6.07) is 1.34. The number of carbonyl (C=O) groups is 1. The number of guanidine groups is 1. The summed E-state index contributed by atoms with van der Waals surface area (Å²) in [5, 5.41) is 7.06. The Morgan fingerprint density at radius 3 is 2.48 bits per heavy atom.